The Hall–Kier alpha value is -0.0400. The SMILES string of the molecule is CC.CC(C)C1(C)CCN(C)C1. The van der Waals surface area contributed by atoms with Gasteiger partial charge in [-0.3, -0.25) is 0 Å². The van der Waals surface area contributed by atoms with Gasteiger partial charge in [0.05, 0.1) is 0 Å². The third-order valence-corrected chi connectivity index (χ3v) is 3.09. The van der Waals surface area contributed by atoms with Crippen molar-refractivity contribution >= 4 is 0 Å². The van der Waals surface area contributed by atoms with E-state index in [4.69, 9.17) is 0 Å². The van der Waals surface area contributed by atoms with E-state index >= 15 is 0 Å². The Labute approximate surface area is 78.1 Å². The lowest BCUT2D eigenvalue weighted by atomic mass is 9.79. The summed E-state index contributed by atoms with van der Waals surface area (Å²) in [4.78, 5) is 2.43. The highest BCUT2D eigenvalue weighted by atomic mass is 15.1. The molecule has 0 saturated carbocycles. The van der Waals surface area contributed by atoms with Gasteiger partial charge in [-0.25, -0.2) is 0 Å². The van der Waals surface area contributed by atoms with Gasteiger partial charge in [-0.1, -0.05) is 34.6 Å². The normalized spacial score (nSPS) is 30.2. The summed E-state index contributed by atoms with van der Waals surface area (Å²) >= 11 is 0. The molecule has 1 saturated heterocycles. The second-order valence-corrected chi connectivity index (χ2v) is 4.30. The van der Waals surface area contributed by atoms with Crippen LogP contribution in [-0.4, -0.2) is 25.0 Å². The van der Waals surface area contributed by atoms with Gasteiger partial charge in [0.1, 0.15) is 0 Å². The number of hydrogen-bond acceptors (Lipinski definition) is 1. The van der Waals surface area contributed by atoms with Crippen molar-refractivity contribution in [3.8, 4) is 0 Å². The molecule has 0 radical (unpaired) electrons. The minimum atomic E-state index is 0.592. The third kappa shape index (κ3) is 2.78. The average Bonchev–Trinajstić information content (AvgIpc) is 2.37. The molecular weight excluding hydrogens is 146 g/mol. The molecule has 1 fully saturated rings. The standard InChI is InChI=1S/C9H19N.C2H6/c1-8(2)9(3)5-6-10(4)7-9;1-2/h8H,5-7H2,1-4H3;1-2H3. The summed E-state index contributed by atoms with van der Waals surface area (Å²) < 4.78 is 0. The Kier molecular flexibility index (Phi) is 4.84. The third-order valence-electron chi connectivity index (χ3n) is 3.09. The summed E-state index contributed by atoms with van der Waals surface area (Å²) in [6, 6.07) is 0. The maximum atomic E-state index is 2.43. The largest absolute Gasteiger partial charge is 0.306 e. The van der Waals surface area contributed by atoms with Gasteiger partial charge in [0.15, 0.2) is 0 Å². The number of likely N-dealkylation sites (tertiary alicyclic amines) is 1. The van der Waals surface area contributed by atoms with Crippen molar-refractivity contribution in [1.82, 2.24) is 4.90 Å². The van der Waals surface area contributed by atoms with E-state index in [9.17, 15) is 0 Å². The molecule has 0 spiro atoms. The van der Waals surface area contributed by atoms with Crippen LogP contribution in [0.3, 0.4) is 0 Å². The van der Waals surface area contributed by atoms with Crippen molar-refractivity contribution in [2.24, 2.45) is 11.3 Å². The zero-order chi connectivity index (χ0) is 9.78. The van der Waals surface area contributed by atoms with Crippen LogP contribution in [-0.2, 0) is 0 Å². The average molecular weight is 171 g/mol. The van der Waals surface area contributed by atoms with Gasteiger partial charge in [-0.15, -0.1) is 0 Å². The first kappa shape index (κ1) is 12.0. The fourth-order valence-corrected chi connectivity index (χ4v) is 1.69. The van der Waals surface area contributed by atoms with Crippen LogP contribution < -0.4 is 0 Å². The Bertz CT molecular complexity index is 120. The van der Waals surface area contributed by atoms with Gasteiger partial charge >= 0.3 is 0 Å². The van der Waals surface area contributed by atoms with Crippen molar-refractivity contribution in [2.75, 3.05) is 20.1 Å². The smallest absolute Gasteiger partial charge is 0.00352 e. The summed E-state index contributed by atoms with van der Waals surface area (Å²) in [5.74, 6) is 0.831. The predicted molar refractivity (Wildman–Crippen MR) is 56.4 cm³/mol. The molecule has 0 aromatic heterocycles. The van der Waals surface area contributed by atoms with Crippen LogP contribution in [0.4, 0.5) is 0 Å². The van der Waals surface area contributed by atoms with Crippen LogP contribution >= 0.6 is 0 Å². The second kappa shape index (κ2) is 4.86. The van der Waals surface area contributed by atoms with E-state index in [1.807, 2.05) is 13.8 Å². The van der Waals surface area contributed by atoms with E-state index < -0.39 is 0 Å². The van der Waals surface area contributed by atoms with Gasteiger partial charge in [0.2, 0.25) is 0 Å². The molecule has 0 amide bonds. The van der Waals surface area contributed by atoms with E-state index in [1.54, 1.807) is 0 Å². The monoisotopic (exact) mass is 171 g/mol. The highest BCUT2D eigenvalue weighted by Gasteiger charge is 2.34. The Morgan fingerprint density at radius 1 is 1.25 bits per heavy atom. The molecule has 1 nitrogen and oxygen atoms in total. The lowest BCUT2D eigenvalue weighted by molar-refractivity contribution is 0.223. The van der Waals surface area contributed by atoms with Gasteiger partial charge in [0.25, 0.3) is 0 Å². The van der Waals surface area contributed by atoms with Gasteiger partial charge in [-0.05, 0) is 31.3 Å². The lowest BCUT2D eigenvalue weighted by Crippen LogP contribution is -2.26. The first-order chi connectivity index (χ1) is 5.54. The van der Waals surface area contributed by atoms with Crippen molar-refractivity contribution in [3.63, 3.8) is 0 Å². The summed E-state index contributed by atoms with van der Waals surface area (Å²) in [5.41, 5.74) is 0.592. The molecule has 12 heavy (non-hydrogen) atoms. The highest BCUT2D eigenvalue weighted by Crippen LogP contribution is 2.36. The van der Waals surface area contributed by atoms with Crippen molar-refractivity contribution in [3.05, 3.63) is 0 Å². The molecule has 1 heterocycles. The minimum Gasteiger partial charge on any atom is -0.306 e. The molecule has 0 bridgehead atoms. The van der Waals surface area contributed by atoms with Crippen LogP contribution in [0.5, 0.6) is 0 Å². The van der Waals surface area contributed by atoms with Crippen LogP contribution in [0.2, 0.25) is 0 Å². The minimum absolute atomic E-state index is 0.592. The summed E-state index contributed by atoms with van der Waals surface area (Å²) in [7, 11) is 2.22. The number of hydrogen-bond donors (Lipinski definition) is 0. The van der Waals surface area contributed by atoms with Crippen molar-refractivity contribution in [2.45, 2.75) is 41.0 Å². The fourth-order valence-electron chi connectivity index (χ4n) is 1.69. The lowest BCUT2D eigenvalue weighted by Gasteiger charge is -2.28. The quantitative estimate of drug-likeness (QED) is 0.586. The van der Waals surface area contributed by atoms with Crippen LogP contribution in [0.15, 0.2) is 0 Å². The highest BCUT2D eigenvalue weighted by molar-refractivity contribution is 4.86. The van der Waals surface area contributed by atoms with Gasteiger partial charge in [-0.2, -0.15) is 0 Å². The Morgan fingerprint density at radius 3 is 1.92 bits per heavy atom. The Morgan fingerprint density at radius 2 is 1.75 bits per heavy atom. The van der Waals surface area contributed by atoms with E-state index in [2.05, 4.69) is 32.7 Å². The van der Waals surface area contributed by atoms with E-state index in [-0.39, 0.29) is 0 Å². The summed E-state index contributed by atoms with van der Waals surface area (Å²) in [6.45, 7) is 13.6. The molecule has 1 unspecified atom stereocenters. The maximum Gasteiger partial charge on any atom is 0.00352 e. The Balaban J connectivity index is 0.000000561. The molecule has 0 N–H and O–H groups in total. The first-order valence-corrected chi connectivity index (χ1v) is 5.23. The van der Waals surface area contributed by atoms with E-state index in [0.29, 0.717) is 5.41 Å². The van der Waals surface area contributed by atoms with Gasteiger partial charge in [0, 0.05) is 6.54 Å². The summed E-state index contributed by atoms with van der Waals surface area (Å²) in [6.07, 6.45) is 1.38. The zero-order valence-corrected chi connectivity index (χ0v) is 9.65. The van der Waals surface area contributed by atoms with Crippen LogP contribution in [0.1, 0.15) is 41.0 Å². The molecule has 0 aliphatic carbocycles. The molecule has 0 aromatic carbocycles. The van der Waals surface area contributed by atoms with Crippen LogP contribution in [0, 0.1) is 11.3 Å². The molecule has 74 valence electrons. The fraction of sp³-hybridized carbons (Fsp3) is 1.00. The van der Waals surface area contributed by atoms with Gasteiger partial charge < -0.3 is 4.90 Å². The zero-order valence-electron chi connectivity index (χ0n) is 9.65. The maximum absolute atomic E-state index is 2.43. The number of rotatable bonds is 1. The molecule has 1 heteroatoms. The van der Waals surface area contributed by atoms with E-state index in [1.165, 1.54) is 19.5 Å². The topological polar surface area (TPSA) is 3.24 Å². The molecule has 1 aliphatic rings. The van der Waals surface area contributed by atoms with Crippen LogP contribution in [0.25, 0.3) is 0 Å². The van der Waals surface area contributed by atoms with E-state index in [0.717, 1.165) is 5.92 Å². The molecule has 1 atom stereocenters. The second-order valence-electron chi connectivity index (χ2n) is 4.30. The summed E-state index contributed by atoms with van der Waals surface area (Å²) in [5, 5.41) is 0. The van der Waals surface area contributed by atoms with Crippen molar-refractivity contribution in [1.29, 1.82) is 0 Å². The molecular formula is C11H25N. The first-order valence-electron chi connectivity index (χ1n) is 5.23. The van der Waals surface area contributed by atoms with Crippen molar-refractivity contribution < 1.29 is 0 Å². The molecule has 0 aromatic rings. The predicted octanol–water partition coefficient (Wildman–Crippen LogP) is 3.01. The molecule has 1 aliphatic heterocycles. The number of nitrogens with zero attached hydrogens (tertiary/aromatic N) is 1. The molecule has 1 rings (SSSR count).